The molecule has 1 aliphatic heterocycles. The van der Waals surface area contributed by atoms with Crippen LogP contribution >= 0.6 is 0 Å². The Bertz CT molecular complexity index is 385. The van der Waals surface area contributed by atoms with Gasteiger partial charge in [-0.1, -0.05) is 13.0 Å². The predicted molar refractivity (Wildman–Crippen MR) is 71.3 cm³/mol. The Morgan fingerprint density at radius 3 is 2.94 bits per heavy atom. The van der Waals surface area contributed by atoms with Gasteiger partial charge in [0.25, 0.3) is 0 Å². The van der Waals surface area contributed by atoms with E-state index in [9.17, 15) is 0 Å². The van der Waals surface area contributed by atoms with Gasteiger partial charge in [-0.05, 0) is 43.2 Å². The highest BCUT2D eigenvalue weighted by molar-refractivity contribution is 5.20. The van der Waals surface area contributed by atoms with Crippen LogP contribution in [0.25, 0.3) is 0 Å². The average molecular weight is 246 g/mol. The van der Waals surface area contributed by atoms with Gasteiger partial charge in [0.15, 0.2) is 0 Å². The van der Waals surface area contributed by atoms with Gasteiger partial charge in [-0.15, -0.1) is 0 Å². The number of rotatable bonds is 1. The van der Waals surface area contributed by atoms with Crippen molar-refractivity contribution in [1.82, 2.24) is 10.3 Å². The minimum atomic E-state index is 0.00773. The van der Waals surface area contributed by atoms with Gasteiger partial charge in [-0.25, -0.2) is 0 Å². The molecular formula is C15H22N2O. The molecule has 1 saturated carbocycles. The molecule has 2 fully saturated rings. The van der Waals surface area contributed by atoms with Crippen molar-refractivity contribution in [1.29, 1.82) is 0 Å². The molecule has 0 bridgehead atoms. The van der Waals surface area contributed by atoms with Crippen molar-refractivity contribution < 1.29 is 4.74 Å². The molecule has 0 radical (unpaired) electrons. The maximum absolute atomic E-state index is 6.23. The molecular weight excluding hydrogens is 224 g/mol. The van der Waals surface area contributed by atoms with E-state index in [0.717, 1.165) is 19.1 Å². The molecule has 18 heavy (non-hydrogen) atoms. The summed E-state index contributed by atoms with van der Waals surface area (Å²) in [6.07, 6.45) is 8.70. The summed E-state index contributed by atoms with van der Waals surface area (Å²) in [7, 11) is 0. The maximum Gasteiger partial charge on any atom is 0.0877 e. The van der Waals surface area contributed by atoms with Crippen LogP contribution in [0.4, 0.5) is 0 Å². The summed E-state index contributed by atoms with van der Waals surface area (Å²) in [5.41, 5.74) is 1.28. The minimum absolute atomic E-state index is 0.00773. The third kappa shape index (κ3) is 2.17. The van der Waals surface area contributed by atoms with Crippen LogP contribution in [-0.4, -0.2) is 23.7 Å². The lowest BCUT2D eigenvalue weighted by molar-refractivity contribution is -0.124. The second-order valence-electron chi connectivity index (χ2n) is 5.77. The van der Waals surface area contributed by atoms with E-state index in [0.29, 0.717) is 6.04 Å². The van der Waals surface area contributed by atoms with Gasteiger partial charge in [-0.2, -0.15) is 0 Å². The molecule has 3 heteroatoms. The molecule has 0 aromatic carbocycles. The molecule has 1 aromatic rings. The van der Waals surface area contributed by atoms with E-state index in [2.05, 4.69) is 23.3 Å². The zero-order valence-electron chi connectivity index (χ0n) is 11.1. The molecule has 2 heterocycles. The molecule has 1 aliphatic carbocycles. The van der Waals surface area contributed by atoms with Gasteiger partial charge < -0.3 is 10.1 Å². The number of nitrogens with one attached hydrogen (secondary N) is 1. The van der Waals surface area contributed by atoms with Crippen molar-refractivity contribution in [2.75, 3.05) is 13.2 Å². The van der Waals surface area contributed by atoms with Crippen LogP contribution in [0.15, 0.2) is 24.5 Å². The van der Waals surface area contributed by atoms with Crippen molar-refractivity contribution in [3.63, 3.8) is 0 Å². The van der Waals surface area contributed by atoms with Crippen molar-refractivity contribution in [2.24, 2.45) is 5.92 Å². The fourth-order valence-electron chi connectivity index (χ4n) is 3.38. The van der Waals surface area contributed by atoms with Crippen molar-refractivity contribution in [3.05, 3.63) is 30.1 Å². The predicted octanol–water partition coefficient (Wildman–Crippen LogP) is 2.69. The van der Waals surface area contributed by atoms with Gasteiger partial charge in [-0.3, -0.25) is 4.98 Å². The van der Waals surface area contributed by atoms with Crippen LogP contribution in [0.2, 0.25) is 0 Å². The summed E-state index contributed by atoms with van der Waals surface area (Å²) in [6, 6.07) is 4.50. The zero-order valence-corrected chi connectivity index (χ0v) is 11.1. The molecule has 3 nitrogen and oxygen atoms in total. The monoisotopic (exact) mass is 246 g/mol. The maximum atomic E-state index is 6.23. The quantitative estimate of drug-likeness (QED) is 0.827. The van der Waals surface area contributed by atoms with Crippen LogP contribution in [0.5, 0.6) is 0 Å². The average Bonchev–Trinajstić information content (AvgIpc) is 2.44. The molecule has 1 atom stereocenters. The summed E-state index contributed by atoms with van der Waals surface area (Å²) in [5, 5.41) is 3.65. The Labute approximate surface area is 109 Å². The number of hydrogen-bond donors (Lipinski definition) is 1. The number of ether oxygens (including phenoxy) is 1. The summed E-state index contributed by atoms with van der Waals surface area (Å²) in [6.45, 7) is 4.13. The SMILES string of the molecule is CC1CCC2(CC1)OCCNC2c1cccnc1. The number of pyridine rings is 1. The standard InChI is InChI=1S/C15H22N2O/c1-12-4-6-15(7-5-12)14(17-9-10-18-15)13-3-2-8-16-11-13/h2-3,8,11-12,14,17H,4-7,9-10H2,1H3. The number of nitrogens with zero attached hydrogens (tertiary/aromatic N) is 1. The van der Waals surface area contributed by atoms with Crippen LogP contribution in [-0.2, 0) is 4.74 Å². The highest BCUT2D eigenvalue weighted by Crippen LogP contribution is 2.44. The van der Waals surface area contributed by atoms with E-state index in [4.69, 9.17) is 4.74 Å². The van der Waals surface area contributed by atoms with Gasteiger partial charge in [0.2, 0.25) is 0 Å². The molecule has 3 rings (SSSR count). The van der Waals surface area contributed by atoms with E-state index >= 15 is 0 Å². The van der Waals surface area contributed by atoms with Crippen LogP contribution < -0.4 is 5.32 Å². The minimum Gasteiger partial charge on any atom is -0.372 e. The van der Waals surface area contributed by atoms with Gasteiger partial charge in [0.1, 0.15) is 0 Å². The summed E-state index contributed by atoms with van der Waals surface area (Å²) in [4.78, 5) is 4.26. The fraction of sp³-hybridized carbons (Fsp3) is 0.667. The summed E-state index contributed by atoms with van der Waals surface area (Å²) in [5.74, 6) is 0.843. The number of hydrogen-bond acceptors (Lipinski definition) is 3. The molecule has 0 amide bonds. The third-order valence-electron chi connectivity index (χ3n) is 4.50. The van der Waals surface area contributed by atoms with Crippen LogP contribution in [0.3, 0.4) is 0 Å². The lowest BCUT2D eigenvalue weighted by Crippen LogP contribution is -2.53. The number of aromatic nitrogens is 1. The van der Waals surface area contributed by atoms with Crippen molar-refractivity contribution >= 4 is 0 Å². The molecule has 1 unspecified atom stereocenters. The van der Waals surface area contributed by atoms with E-state index in [-0.39, 0.29) is 5.60 Å². The number of morpholine rings is 1. The Balaban J connectivity index is 1.86. The zero-order chi connectivity index (χ0) is 12.4. The Morgan fingerprint density at radius 2 is 2.22 bits per heavy atom. The van der Waals surface area contributed by atoms with E-state index in [1.165, 1.54) is 31.2 Å². The molecule has 98 valence electrons. The van der Waals surface area contributed by atoms with Crippen LogP contribution in [0, 0.1) is 5.92 Å². The largest absolute Gasteiger partial charge is 0.372 e. The first-order chi connectivity index (χ1) is 8.80. The van der Waals surface area contributed by atoms with Gasteiger partial charge in [0.05, 0.1) is 18.2 Å². The molecule has 1 spiro atoms. The highest BCUT2D eigenvalue weighted by Gasteiger charge is 2.44. The van der Waals surface area contributed by atoms with E-state index in [1.54, 1.807) is 0 Å². The first-order valence-corrected chi connectivity index (χ1v) is 7.07. The third-order valence-corrected chi connectivity index (χ3v) is 4.50. The molecule has 2 aliphatic rings. The van der Waals surface area contributed by atoms with E-state index < -0.39 is 0 Å². The van der Waals surface area contributed by atoms with Crippen LogP contribution in [0.1, 0.15) is 44.2 Å². The lowest BCUT2D eigenvalue weighted by Gasteiger charge is -2.48. The topological polar surface area (TPSA) is 34.1 Å². The Kier molecular flexibility index (Phi) is 3.35. The van der Waals surface area contributed by atoms with Gasteiger partial charge in [0, 0.05) is 18.9 Å². The highest BCUT2D eigenvalue weighted by atomic mass is 16.5. The summed E-state index contributed by atoms with van der Waals surface area (Å²) < 4.78 is 6.23. The molecule has 1 saturated heterocycles. The smallest absolute Gasteiger partial charge is 0.0877 e. The second-order valence-corrected chi connectivity index (χ2v) is 5.77. The first kappa shape index (κ1) is 12.1. The normalized spacial score (nSPS) is 36.7. The second kappa shape index (κ2) is 4.98. The summed E-state index contributed by atoms with van der Waals surface area (Å²) >= 11 is 0. The lowest BCUT2D eigenvalue weighted by atomic mass is 9.73. The van der Waals surface area contributed by atoms with Gasteiger partial charge >= 0.3 is 0 Å². The molecule has 1 N–H and O–H groups in total. The Morgan fingerprint density at radius 1 is 1.39 bits per heavy atom. The van der Waals surface area contributed by atoms with E-state index in [1.807, 2.05) is 18.5 Å². The first-order valence-electron chi connectivity index (χ1n) is 7.07. The Hall–Kier alpha value is -0.930. The van der Waals surface area contributed by atoms with Crippen molar-refractivity contribution in [3.8, 4) is 0 Å². The van der Waals surface area contributed by atoms with Crippen molar-refractivity contribution in [2.45, 2.75) is 44.2 Å². The fourth-order valence-corrected chi connectivity index (χ4v) is 3.38. The molecule has 1 aromatic heterocycles.